The summed E-state index contributed by atoms with van der Waals surface area (Å²) in [6, 6.07) is 10.4. The number of hydrogen-bond donors (Lipinski definition) is 3. The van der Waals surface area contributed by atoms with Crippen LogP contribution in [0, 0.1) is 5.92 Å². The van der Waals surface area contributed by atoms with Gasteiger partial charge in [0, 0.05) is 12.0 Å². The lowest BCUT2D eigenvalue weighted by atomic mass is 9.74. The van der Waals surface area contributed by atoms with Crippen LogP contribution in [0.4, 0.5) is 0 Å². The molecular formula is C21H23NO5. The molecule has 2 aliphatic rings. The number of aromatic hydroxyl groups is 1. The number of phenols is 1. The van der Waals surface area contributed by atoms with Crippen LogP contribution in [0.15, 0.2) is 36.4 Å². The first-order valence-electron chi connectivity index (χ1n) is 9.16. The van der Waals surface area contributed by atoms with Crippen molar-refractivity contribution in [3.63, 3.8) is 0 Å². The fourth-order valence-corrected chi connectivity index (χ4v) is 3.82. The Morgan fingerprint density at radius 1 is 1.26 bits per heavy atom. The Balaban J connectivity index is 1.59. The molecule has 1 aliphatic heterocycles. The molecule has 142 valence electrons. The first-order chi connectivity index (χ1) is 13.0. The topological polar surface area (TPSA) is 88.0 Å². The van der Waals surface area contributed by atoms with Crippen molar-refractivity contribution >= 4 is 5.91 Å². The number of phenolic OH excluding ortho intramolecular Hbond substituents is 1. The van der Waals surface area contributed by atoms with E-state index in [2.05, 4.69) is 11.4 Å². The van der Waals surface area contributed by atoms with E-state index in [1.165, 1.54) is 19.2 Å². The summed E-state index contributed by atoms with van der Waals surface area (Å²) in [6.45, 7) is 0.686. The van der Waals surface area contributed by atoms with Crippen molar-refractivity contribution in [1.29, 1.82) is 0 Å². The Morgan fingerprint density at radius 3 is 2.81 bits per heavy atom. The maximum Gasteiger partial charge on any atom is 0.251 e. The smallest absolute Gasteiger partial charge is 0.251 e. The van der Waals surface area contributed by atoms with Crippen molar-refractivity contribution in [2.45, 2.75) is 31.4 Å². The Labute approximate surface area is 157 Å². The van der Waals surface area contributed by atoms with Gasteiger partial charge in [0.25, 0.3) is 5.91 Å². The molecule has 0 spiro atoms. The molecule has 0 radical (unpaired) electrons. The number of rotatable bonds is 5. The molecule has 1 fully saturated rings. The van der Waals surface area contributed by atoms with E-state index in [1.54, 1.807) is 6.07 Å². The predicted molar refractivity (Wildman–Crippen MR) is 99.2 cm³/mol. The molecule has 0 saturated heterocycles. The monoisotopic (exact) mass is 369 g/mol. The van der Waals surface area contributed by atoms with Crippen LogP contribution < -0.4 is 14.8 Å². The number of ether oxygens (including phenoxy) is 2. The van der Waals surface area contributed by atoms with Gasteiger partial charge in [0.1, 0.15) is 5.75 Å². The van der Waals surface area contributed by atoms with Gasteiger partial charge in [-0.15, -0.1) is 0 Å². The Kier molecular flexibility index (Phi) is 4.66. The highest BCUT2D eigenvalue weighted by molar-refractivity contribution is 5.95. The minimum Gasteiger partial charge on any atom is -0.504 e. The van der Waals surface area contributed by atoms with E-state index in [4.69, 9.17) is 9.47 Å². The van der Waals surface area contributed by atoms with Gasteiger partial charge in [0.05, 0.1) is 25.9 Å². The first kappa shape index (κ1) is 17.7. The number of carbonyl (C=O) groups excluding carboxylic acids is 1. The van der Waals surface area contributed by atoms with Gasteiger partial charge < -0.3 is 25.0 Å². The summed E-state index contributed by atoms with van der Waals surface area (Å²) in [6.07, 6.45) is 1.89. The second-order valence-electron chi connectivity index (χ2n) is 7.19. The average molecular weight is 369 g/mol. The van der Waals surface area contributed by atoms with Gasteiger partial charge in [-0.25, -0.2) is 0 Å². The molecule has 0 unspecified atom stereocenters. The van der Waals surface area contributed by atoms with Gasteiger partial charge >= 0.3 is 0 Å². The molecule has 2 aromatic carbocycles. The van der Waals surface area contributed by atoms with Crippen molar-refractivity contribution < 1.29 is 24.5 Å². The summed E-state index contributed by atoms with van der Waals surface area (Å²) in [7, 11) is 1.45. The number of methoxy groups -OCH3 is 1. The van der Waals surface area contributed by atoms with Gasteiger partial charge in [-0.05, 0) is 60.2 Å². The lowest BCUT2D eigenvalue weighted by Crippen LogP contribution is -2.41. The maximum atomic E-state index is 12.8. The van der Waals surface area contributed by atoms with E-state index in [0.29, 0.717) is 25.0 Å². The molecule has 1 saturated carbocycles. The molecule has 0 aromatic heterocycles. The number of carbonyl (C=O) groups is 1. The van der Waals surface area contributed by atoms with Crippen LogP contribution in [0.1, 0.15) is 40.4 Å². The molecule has 3 N–H and O–H groups in total. The van der Waals surface area contributed by atoms with Crippen LogP contribution in [0.5, 0.6) is 17.2 Å². The Hall–Kier alpha value is -2.73. The standard InChI is InChI=1S/C21H23NO5/c1-26-19-11-14(2-4-17(19)24)21(25)22-20(15-9-16(23)10-15)13-3-5-18-12(8-13)6-7-27-18/h2-5,8,11,15-16,20,23-24H,6-7,9-10H2,1H3,(H,22,25)/t15?,16?,20-/m1/s1. The number of aliphatic hydroxyl groups is 1. The van der Waals surface area contributed by atoms with Crippen LogP contribution >= 0.6 is 0 Å². The van der Waals surface area contributed by atoms with E-state index in [1.807, 2.05) is 12.1 Å². The molecule has 1 aliphatic carbocycles. The molecule has 4 rings (SSSR count). The third kappa shape index (κ3) is 3.45. The molecule has 1 atom stereocenters. The van der Waals surface area contributed by atoms with E-state index >= 15 is 0 Å². The van der Waals surface area contributed by atoms with E-state index < -0.39 is 0 Å². The molecule has 27 heavy (non-hydrogen) atoms. The van der Waals surface area contributed by atoms with Crippen molar-refractivity contribution in [3.8, 4) is 17.2 Å². The largest absolute Gasteiger partial charge is 0.504 e. The number of fused-ring (bicyclic) bond motifs is 1. The molecule has 2 aromatic rings. The van der Waals surface area contributed by atoms with E-state index in [9.17, 15) is 15.0 Å². The van der Waals surface area contributed by atoms with Crippen LogP contribution in [-0.4, -0.2) is 35.9 Å². The summed E-state index contributed by atoms with van der Waals surface area (Å²) in [4.78, 5) is 12.8. The fraction of sp³-hybridized carbons (Fsp3) is 0.381. The first-order valence-corrected chi connectivity index (χ1v) is 9.16. The van der Waals surface area contributed by atoms with Crippen molar-refractivity contribution in [3.05, 3.63) is 53.1 Å². The Bertz CT molecular complexity index is 860. The van der Waals surface area contributed by atoms with Gasteiger partial charge in [0.2, 0.25) is 0 Å². The summed E-state index contributed by atoms with van der Waals surface area (Å²) < 4.78 is 10.7. The molecule has 1 heterocycles. The van der Waals surface area contributed by atoms with Gasteiger partial charge in [0.15, 0.2) is 11.5 Å². The zero-order valence-corrected chi connectivity index (χ0v) is 15.1. The van der Waals surface area contributed by atoms with E-state index in [0.717, 1.165) is 23.3 Å². The third-order valence-electron chi connectivity index (χ3n) is 5.42. The zero-order chi connectivity index (χ0) is 19.0. The van der Waals surface area contributed by atoms with Gasteiger partial charge in [-0.2, -0.15) is 0 Å². The summed E-state index contributed by atoms with van der Waals surface area (Å²) >= 11 is 0. The third-order valence-corrected chi connectivity index (χ3v) is 5.42. The SMILES string of the molecule is COc1cc(C(=O)N[C@H](c2ccc3c(c2)CCO3)C2CC(O)C2)ccc1O. The number of benzene rings is 2. The van der Waals surface area contributed by atoms with Gasteiger partial charge in [-0.1, -0.05) is 6.07 Å². The average Bonchev–Trinajstić information content (AvgIpc) is 3.11. The van der Waals surface area contributed by atoms with Crippen LogP contribution in [-0.2, 0) is 6.42 Å². The minimum atomic E-state index is -0.305. The van der Waals surface area contributed by atoms with Crippen LogP contribution in [0.2, 0.25) is 0 Å². The normalized spacial score (nSPS) is 21.6. The van der Waals surface area contributed by atoms with Crippen LogP contribution in [0.25, 0.3) is 0 Å². The Morgan fingerprint density at radius 2 is 2.07 bits per heavy atom. The lowest BCUT2D eigenvalue weighted by molar-refractivity contribution is 0.0235. The summed E-state index contributed by atoms with van der Waals surface area (Å²) in [5.74, 6) is 1.10. The molecule has 0 bridgehead atoms. The van der Waals surface area contributed by atoms with Crippen molar-refractivity contribution in [1.82, 2.24) is 5.32 Å². The number of amides is 1. The van der Waals surface area contributed by atoms with Crippen molar-refractivity contribution in [2.24, 2.45) is 5.92 Å². The molecule has 6 heteroatoms. The van der Waals surface area contributed by atoms with E-state index in [-0.39, 0.29) is 35.5 Å². The highest BCUT2D eigenvalue weighted by atomic mass is 16.5. The predicted octanol–water partition coefficient (Wildman–Crippen LogP) is 2.58. The molecule has 6 nitrogen and oxygen atoms in total. The minimum absolute atomic E-state index is 0.00802. The van der Waals surface area contributed by atoms with Crippen molar-refractivity contribution in [2.75, 3.05) is 13.7 Å². The lowest BCUT2D eigenvalue weighted by Gasteiger charge is -2.38. The molecule has 1 amide bonds. The highest BCUT2D eigenvalue weighted by Gasteiger charge is 2.36. The highest BCUT2D eigenvalue weighted by Crippen LogP contribution is 2.40. The maximum absolute atomic E-state index is 12.8. The number of aliphatic hydroxyl groups excluding tert-OH is 1. The number of nitrogens with one attached hydrogen (secondary N) is 1. The zero-order valence-electron chi connectivity index (χ0n) is 15.1. The fourth-order valence-electron chi connectivity index (χ4n) is 3.82. The molecular weight excluding hydrogens is 346 g/mol. The quantitative estimate of drug-likeness (QED) is 0.754. The second kappa shape index (κ2) is 7.12. The number of hydrogen-bond acceptors (Lipinski definition) is 5. The summed E-state index contributed by atoms with van der Waals surface area (Å²) in [5, 5.41) is 22.6. The summed E-state index contributed by atoms with van der Waals surface area (Å²) in [5.41, 5.74) is 2.59. The second-order valence-corrected chi connectivity index (χ2v) is 7.19. The van der Waals surface area contributed by atoms with Gasteiger partial charge in [-0.3, -0.25) is 4.79 Å². The van der Waals surface area contributed by atoms with Crippen LogP contribution in [0.3, 0.4) is 0 Å².